The zero-order valence-corrected chi connectivity index (χ0v) is 10.6. The van der Waals surface area contributed by atoms with Crippen LogP contribution < -0.4 is 16.4 Å². The number of nitrogens with two attached hydrogens (primary N) is 1. The summed E-state index contributed by atoms with van der Waals surface area (Å²) in [6, 6.07) is 7.07. The van der Waals surface area contributed by atoms with Gasteiger partial charge in [0.2, 0.25) is 11.8 Å². The van der Waals surface area contributed by atoms with Crippen molar-refractivity contribution in [2.24, 2.45) is 5.73 Å². The molecule has 0 unspecified atom stereocenters. The lowest BCUT2D eigenvalue weighted by Gasteiger charge is -2.06. The molecule has 104 valence electrons. The summed E-state index contributed by atoms with van der Waals surface area (Å²) >= 11 is 0. The number of hydrogen-bond donors (Lipinski definition) is 3. The van der Waals surface area contributed by atoms with Crippen molar-refractivity contribution in [3.8, 4) is 11.3 Å². The van der Waals surface area contributed by atoms with Gasteiger partial charge in [0.05, 0.1) is 19.3 Å². The van der Waals surface area contributed by atoms with Gasteiger partial charge in [0.1, 0.15) is 0 Å². The lowest BCUT2D eigenvalue weighted by molar-refractivity contribution is -0.123. The molecule has 0 spiro atoms. The Hall–Kier alpha value is -2.67. The van der Waals surface area contributed by atoms with Crippen LogP contribution in [0.2, 0.25) is 0 Å². The standard InChI is InChI=1S/C13H14N4O3/c14-5-12(18)16-7-13(19)17-10-3-1-9(2-4-10)11-6-15-8-20-11/h1-4,6,8H,5,7,14H2,(H,16,18)(H,17,19). The van der Waals surface area contributed by atoms with Gasteiger partial charge in [-0.25, -0.2) is 4.98 Å². The normalized spacial score (nSPS) is 10.1. The molecular weight excluding hydrogens is 260 g/mol. The molecule has 0 atom stereocenters. The van der Waals surface area contributed by atoms with Gasteiger partial charge in [-0.1, -0.05) is 0 Å². The average molecular weight is 274 g/mol. The first-order valence-electron chi connectivity index (χ1n) is 5.94. The van der Waals surface area contributed by atoms with Gasteiger partial charge < -0.3 is 20.8 Å². The van der Waals surface area contributed by atoms with Crippen molar-refractivity contribution in [2.75, 3.05) is 18.4 Å². The Morgan fingerprint density at radius 3 is 2.55 bits per heavy atom. The fraction of sp³-hybridized carbons (Fsp3) is 0.154. The summed E-state index contributed by atoms with van der Waals surface area (Å²) in [5.41, 5.74) is 6.60. The van der Waals surface area contributed by atoms with Gasteiger partial charge in [-0.3, -0.25) is 9.59 Å². The Labute approximate surface area is 115 Å². The largest absolute Gasteiger partial charge is 0.444 e. The third kappa shape index (κ3) is 3.66. The van der Waals surface area contributed by atoms with Crippen LogP contribution in [0.25, 0.3) is 11.3 Å². The van der Waals surface area contributed by atoms with Crippen molar-refractivity contribution in [3.63, 3.8) is 0 Å². The maximum absolute atomic E-state index is 11.6. The van der Waals surface area contributed by atoms with Gasteiger partial charge in [0.15, 0.2) is 12.2 Å². The molecule has 2 rings (SSSR count). The highest BCUT2D eigenvalue weighted by atomic mass is 16.3. The SMILES string of the molecule is NCC(=O)NCC(=O)Nc1ccc(-c2cnco2)cc1. The highest BCUT2D eigenvalue weighted by Gasteiger charge is 2.05. The number of aromatic nitrogens is 1. The molecule has 7 heteroatoms. The third-order valence-electron chi connectivity index (χ3n) is 2.52. The fourth-order valence-corrected chi connectivity index (χ4v) is 1.53. The maximum Gasteiger partial charge on any atom is 0.243 e. The predicted octanol–water partition coefficient (Wildman–Crippen LogP) is 0.355. The van der Waals surface area contributed by atoms with E-state index >= 15 is 0 Å². The summed E-state index contributed by atoms with van der Waals surface area (Å²) < 4.78 is 5.16. The minimum atomic E-state index is -0.374. The van der Waals surface area contributed by atoms with E-state index < -0.39 is 0 Å². The molecule has 2 amide bonds. The average Bonchev–Trinajstić information content (AvgIpc) is 2.99. The topological polar surface area (TPSA) is 110 Å². The summed E-state index contributed by atoms with van der Waals surface area (Å²) in [5, 5.41) is 5.04. The number of nitrogens with zero attached hydrogens (tertiary/aromatic N) is 1. The molecule has 7 nitrogen and oxygen atoms in total. The minimum Gasteiger partial charge on any atom is -0.444 e. The number of anilines is 1. The summed E-state index contributed by atoms with van der Waals surface area (Å²) in [4.78, 5) is 26.3. The van der Waals surface area contributed by atoms with E-state index in [1.54, 1.807) is 30.5 Å². The highest BCUT2D eigenvalue weighted by molar-refractivity contribution is 5.94. The Kier molecular flexibility index (Phi) is 4.46. The van der Waals surface area contributed by atoms with E-state index in [1.807, 2.05) is 0 Å². The molecule has 0 bridgehead atoms. The molecule has 0 saturated heterocycles. The summed E-state index contributed by atoms with van der Waals surface area (Å²) in [6.45, 7) is -0.251. The molecule has 0 aliphatic rings. The second-order valence-electron chi connectivity index (χ2n) is 3.97. The van der Waals surface area contributed by atoms with Crippen LogP contribution in [0.1, 0.15) is 0 Å². The van der Waals surface area contributed by atoms with Crippen molar-refractivity contribution in [3.05, 3.63) is 36.9 Å². The molecule has 4 N–H and O–H groups in total. The van der Waals surface area contributed by atoms with Gasteiger partial charge in [-0.2, -0.15) is 0 Å². The van der Waals surface area contributed by atoms with Gasteiger partial charge >= 0.3 is 0 Å². The van der Waals surface area contributed by atoms with Crippen LogP contribution in [-0.2, 0) is 9.59 Å². The van der Waals surface area contributed by atoms with Crippen LogP contribution in [0.5, 0.6) is 0 Å². The van der Waals surface area contributed by atoms with Crippen LogP contribution >= 0.6 is 0 Å². The molecule has 0 aliphatic carbocycles. The van der Waals surface area contributed by atoms with Gasteiger partial charge in [-0.15, -0.1) is 0 Å². The van der Waals surface area contributed by atoms with Crippen LogP contribution in [0.3, 0.4) is 0 Å². The molecule has 0 aliphatic heterocycles. The summed E-state index contributed by atoms with van der Waals surface area (Å²) in [6.07, 6.45) is 2.96. The quantitative estimate of drug-likeness (QED) is 0.729. The lowest BCUT2D eigenvalue weighted by atomic mass is 10.2. The minimum absolute atomic E-state index is 0.111. The summed E-state index contributed by atoms with van der Waals surface area (Å²) in [5.74, 6) is -0.0434. The number of amides is 2. The van der Waals surface area contributed by atoms with E-state index in [-0.39, 0.29) is 24.9 Å². The molecular formula is C13H14N4O3. The Morgan fingerprint density at radius 1 is 1.20 bits per heavy atom. The molecule has 2 aromatic rings. The molecule has 1 aromatic carbocycles. The number of hydrogen-bond acceptors (Lipinski definition) is 5. The number of nitrogens with one attached hydrogen (secondary N) is 2. The molecule has 20 heavy (non-hydrogen) atoms. The highest BCUT2D eigenvalue weighted by Crippen LogP contribution is 2.20. The third-order valence-corrected chi connectivity index (χ3v) is 2.52. The van der Waals surface area contributed by atoms with Crippen molar-refractivity contribution in [1.29, 1.82) is 0 Å². The zero-order valence-electron chi connectivity index (χ0n) is 10.6. The molecule has 1 heterocycles. The van der Waals surface area contributed by atoms with E-state index in [9.17, 15) is 9.59 Å². The van der Waals surface area contributed by atoms with E-state index in [2.05, 4.69) is 15.6 Å². The first kappa shape index (κ1) is 13.8. The second-order valence-corrected chi connectivity index (χ2v) is 3.97. The lowest BCUT2D eigenvalue weighted by Crippen LogP contribution is -2.36. The maximum atomic E-state index is 11.6. The number of carbonyl (C=O) groups excluding carboxylic acids is 2. The number of carbonyl (C=O) groups is 2. The first-order chi connectivity index (χ1) is 9.69. The molecule has 0 radical (unpaired) electrons. The van der Waals surface area contributed by atoms with E-state index in [0.717, 1.165) is 5.56 Å². The van der Waals surface area contributed by atoms with Crippen LogP contribution in [-0.4, -0.2) is 29.9 Å². The Morgan fingerprint density at radius 2 is 1.95 bits per heavy atom. The first-order valence-corrected chi connectivity index (χ1v) is 5.94. The zero-order chi connectivity index (χ0) is 14.4. The van der Waals surface area contributed by atoms with Crippen molar-refractivity contribution in [1.82, 2.24) is 10.3 Å². The van der Waals surface area contributed by atoms with E-state index in [4.69, 9.17) is 10.2 Å². The van der Waals surface area contributed by atoms with Gasteiger partial charge in [0, 0.05) is 11.3 Å². The van der Waals surface area contributed by atoms with Crippen LogP contribution in [0, 0.1) is 0 Å². The van der Waals surface area contributed by atoms with E-state index in [0.29, 0.717) is 11.4 Å². The Balaban J connectivity index is 1.90. The number of rotatable bonds is 5. The van der Waals surface area contributed by atoms with E-state index in [1.165, 1.54) is 6.39 Å². The molecule has 0 fully saturated rings. The summed E-state index contributed by atoms with van der Waals surface area (Å²) in [7, 11) is 0. The second kappa shape index (κ2) is 6.48. The smallest absolute Gasteiger partial charge is 0.243 e. The Bertz CT molecular complexity index is 578. The molecule has 1 aromatic heterocycles. The van der Waals surface area contributed by atoms with Crippen LogP contribution in [0.4, 0.5) is 5.69 Å². The van der Waals surface area contributed by atoms with Crippen molar-refractivity contribution in [2.45, 2.75) is 0 Å². The fourth-order valence-electron chi connectivity index (χ4n) is 1.53. The monoisotopic (exact) mass is 274 g/mol. The number of oxazole rings is 1. The van der Waals surface area contributed by atoms with Gasteiger partial charge in [0.25, 0.3) is 0 Å². The number of benzene rings is 1. The van der Waals surface area contributed by atoms with Crippen molar-refractivity contribution < 1.29 is 14.0 Å². The van der Waals surface area contributed by atoms with Gasteiger partial charge in [-0.05, 0) is 24.3 Å². The predicted molar refractivity (Wildman–Crippen MR) is 72.6 cm³/mol. The van der Waals surface area contributed by atoms with Crippen molar-refractivity contribution >= 4 is 17.5 Å². The molecule has 0 saturated carbocycles. The van der Waals surface area contributed by atoms with Crippen LogP contribution in [0.15, 0.2) is 41.3 Å².